The average Bonchev–Trinajstić information content (AvgIpc) is 2.66. The lowest BCUT2D eigenvalue weighted by Gasteiger charge is -2.19. The Bertz CT molecular complexity index is 758. The van der Waals surface area contributed by atoms with Crippen LogP contribution < -0.4 is 10.0 Å². The van der Waals surface area contributed by atoms with Crippen molar-refractivity contribution in [1.82, 2.24) is 10.0 Å². The van der Waals surface area contributed by atoms with E-state index in [2.05, 4.69) is 34.3 Å². The molecule has 0 spiro atoms. The second-order valence-electron chi connectivity index (χ2n) is 7.62. The van der Waals surface area contributed by atoms with Gasteiger partial charge in [-0.15, -0.1) is 0 Å². The number of amides is 2. The van der Waals surface area contributed by atoms with Gasteiger partial charge in [0.1, 0.15) is 6.04 Å². The molecule has 2 aromatic rings. The van der Waals surface area contributed by atoms with Crippen molar-refractivity contribution < 1.29 is 9.59 Å². The first kappa shape index (κ1) is 22.0. The minimum Gasteiger partial charge on any atom is -0.344 e. The molecular weight excluding hydrogens is 368 g/mol. The molecule has 0 radical (unpaired) electrons. The SMILES string of the molecule is CC(C)CC(=O)N[C@@H](Cc1ccc(-c2ccccc2)cc1)C(=O)NSC(C)C. The molecule has 0 heterocycles. The van der Waals surface area contributed by atoms with Gasteiger partial charge in [-0.3, -0.25) is 14.3 Å². The Kier molecular flexibility index (Phi) is 8.58. The van der Waals surface area contributed by atoms with E-state index in [1.165, 1.54) is 11.9 Å². The van der Waals surface area contributed by atoms with Crippen molar-refractivity contribution >= 4 is 23.8 Å². The normalized spacial score (nSPS) is 12.1. The first-order valence-electron chi connectivity index (χ1n) is 9.74. The third kappa shape index (κ3) is 7.39. The van der Waals surface area contributed by atoms with E-state index in [1.54, 1.807) is 0 Å². The highest BCUT2D eigenvalue weighted by molar-refractivity contribution is 7.98. The molecule has 0 unspecified atom stereocenters. The molecule has 0 aliphatic rings. The summed E-state index contributed by atoms with van der Waals surface area (Å²) in [6, 6.07) is 17.7. The van der Waals surface area contributed by atoms with Crippen LogP contribution in [-0.4, -0.2) is 23.1 Å². The number of carbonyl (C=O) groups is 2. The predicted octanol–water partition coefficient (Wildman–Crippen LogP) is 4.60. The summed E-state index contributed by atoms with van der Waals surface area (Å²) in [5.41, 5.74) is 3.30. The smallest absolute Gasteiger partial charge is 0.252 e. The molecule has 0 aromatic heterocycles. The van der Waals surface area contributed by atoms with E-state index in [-0.39, 0.29) is 23.0 Å². The number of hydrogen-bond donors (Lipinski definition) is 2. The molecule has 2 aromatic carbocycles. The van der Waals surface area contributed by atoms with Crippen LogP contribution in [0.5, 0.6) is 0 Å². The Hall–Kier alpha value is -2.27. The molecule has 0 fully saturated rings. The third-order valence-electron chi connectivity index (χ3n) is 4.14. The standard InChI is InChI=1S/C23H30N2O2S/c1-16(2)14-22(26)24-21(23(27)25-28-17(3)4)15-18-10-12-20(13-11-18)19-8-6-5-7-9-19/h5-13,16-17,21H,14-15H2,1-4H3,(H,24,26)(H,25,27)/t21-/m0/s1. The number of nitrogens with one attached hydrogen (secondary N) is 2. The molecule has 5 heteroatoms. The van der Waals surface area contributed by atoms with Gasteiger partial charge in [0, 0.05) is 18.1 Å². The number of benzene rings is 2. The van der Waals surface area contributed by atoms with E-state index in [0.717, 1.165) is 16.7 Å². The predicted molar refractivity (Wildman–Crippen MR) is 118 cm³/mol. The molecule has 2 rings (SSSR count). The second-order valence-corrected chi connectivity index (χ2v) is 9.00. The molecule has 0 aliphatic heterocycles. The quantitative estimate of drug-likeness (QED) is 0.607. The Labute approximate surface area is 172 Å². The van der Waals surface area contributed by atoms with E-state index >= 15 is 0 Å². The highest BCUT2D eigenvalue weighted by Gasteiger charge is 2.22. The minimum atomic E-state index is -0.583. The molecule has 0 aliphatic carbocycles. The van der Waals surface area contributed by atoms with Gasteiger partial charge in [0.2, 0.25) is 5.91 Å². The number of carbonyl (C=O) groups excluding carboxylic acids is 2. The van der Waals surface area contributed by atoms with Gasteiger partial charge in [0.15, 0.2) is 0 Å². The van der Waals surface area contributed by atoms with Crippen LogP contribution in [0.3, 0.4) is 0 Å². The molecule has 0 bridgehead atoms. The third-order valence-corrected chi connectivity index (χ3v) is 4.93. The van der Waals surface area contributed by atoms with Crippen molar-refractivity contribution in [3.63, 3.8) is 0 Å². The summed E-state index contributed by atoms with van der Waals surface area (Å²) in [7, 11) is 0. The largest absolute Gasteiger partial charge is 0.344 e. The Balaban J connectivity index is 2.09. The Morgan fingerprint density at radius 3 is 2.07 bits per heavy atom. The minimum absolute atomic E-state index is 0.0920. The molecule has 28 heavy (non-hydrogen) atoms. The lowest BCUT2D eigenvalue weighted by atomic mass is 10.00. The maximum atomic E-state index is 12.6. The van der Waals surface area contributed by atoms with Gasteiger partial charge >= 0.3 is 0 Å². The van der Waals surface area contributed by atoms with E-state index < -0.39 is 6.04 Å². The van der Waals surface area contributed by atoms with Crippen LogP contribution in [0.2, 0.25) is 0 Å². The number of hydrogen-bond acceptors (Lipinski definition) is 3. The zero-order valence-electron chi connectivity index (χ0n) is 17.1. The lowest BCUT2D eigenvalue weighted by molar-refractivity contribution is -0.128. The fourth-order valence-corrected chi connectivity index (χ4v) is 3.27. The fourth-order valence-electron chi connectivity index (χ4n) is 2.78. The van der Waals surface area contributed by atoms with Crippen molar-refractivity contribution in [2.75, 3.05) is 0 Å². The molecule has 150 valence electrons. The summed E-state index contributed by atoms with van der Waals surface area (Å²) in [6.07, 6.45) is 0.872. The molecule has 1 atom stereocenters. The monoisotopic (exact) mass is 398 g/mol. The summed E-state index contributed by atoms with van der Waals surface area (Å²) in [4.78, 5) is 24.9. The molecule has 2 N–H and O–H groups in total. The Morgan fingerprint density at radius 2 is 1.50 bits per heavy atom. The van der Waals surface area contributed by atoms with Gasteiger partial charge in [-0.1, -0.05) is 82.3 Å². The van der Waals surface area contributed by atoms with E-state index in [0.29, 0.717) is 12.8 Å². The molecule has 0 saturated heterocycles. The molecular formula is C23H30N2O2S. The number of rotatable bonds is 9. The zero-order chi connectivity index (χ0) is 20.5. The fraction of sp³-hybridized carbons (Fsp3) is 0.391. The molecule has 0 saturated carbocycles. The first-order chi connectivity index (χ1) is 13.3. The van der Waals surface area contributed by atoms with Gasteiger partial charge in [-0.25, -0.2) is 0 Å². The summed E-state index contributed by atoms with van der Waals surface area (Å²) < 4.78 is 2.86. The van der Waals surface area contributed by atoms with Gasteiger partial charge in [0.05, 0.1) is 0 Å². The van der Waals surface area contributed by atoms with E-state index in [4.69, 9.17) is 0 Å². The Morgan fingerprint density at radius 1 is 0.893 bits per heavy atom. The van der Waals surface area contributed by atoms with Crippen molar-refractivity contribution in [3.05, 3.63) is 60.2 Å². The van der Waals surface area contributed by atoms with E-state index in [1.807, 2.05) is 58.0 Å². The maximum Gasteiger partial charge on any atom is 0.252 e. The first-order valence-corrected chi connectivity index (χ1v) is 10.6. The summed E-state index contributed by atoms with van der Waals surface area (Å²) in [5.74, 6) is -0.00699. The van der Waals surface area contributed by atoms with E-state index in [9.17, 15) is 9.59 Å². The van der Waals surface area contributed by atoms with Crippen LogP contribution in [0.4, 0.5) is 0 Å². The van der Waals surface area contributed by atoms with Gasteiger partial charge in [-0.2, -0.15) is 0 Å². The van der Waals surface area contributed by atoms with Crippen molar-refractivity contribution in [1.29, 1.82) is 0 Å². The van der Waals surface area contributed by atoms with Crippen LogP contribution in [-0.2, 0) is 16.0 Å². The van der Waals surface area contributed by atoms with Crippen LogP contribution in [0.15, 0.2) is 54.6 Å². The summed E-state index contributed by atoms with van der Waals surface area (Å²) in [6.45, 7) is 8.01. The zero-order valence-corrected chi connectivity index (χ0v) is 17.9. The molecule has 2 amide bonds. The topological polar surface area (TPSA) is 58.2 Å². The molecule has 4 nitrogen and oxygen atoms in total. The van der Waals surface area contributed by atoms with Crippen LogP contribution >= 0.6 is 11.9 Å². The van der Waals surface area contributed by atoms with Crippen molar-refractivity contribution in [2.24, 2.45) is 5.92 Å². The summed E-state index contributed by atoms with van der Waals surface area (Å²) in [5, 5.41) is 3.18. The van der Waals surface area contributed by atoms with Gasteiger partial charge in [0.25, 0.3) is 5.91 Å². The van der Waals surface area contributed by atoms with Crippen LogP contribution in [0, 0.1) is 5.92 Å². The lowest BCUT2D eigenvalue weighted by Crippen LogP contribution is -2.46. The van der Waals surface area contributed by atoms with Gasteiger partial charge < -0.3 is 5.32 Å². The second kappa shape index (κ2) is 10.9. The van der Waals surface area contributed by atoms with Crippen molar-refractivity contribution in [3.8, 4) is 11.1 Å². The average molecular weight is 399 g/mol. The van der Waals surface area contributed by atoms with Crippen LogP contribution in [0.1, 0.15) is 39.7 Å². The van der Waals surface area contributed by atoms with Crippen molar-refractivity contribution in [2.45, 2.75) is 51.8 Å². The maximum absolute atomic E-state index is 12.6. The highest BCUT2D eigenvalue weighted by Crippen LogP contribution is 2.20. The van der Waals surface area contributed by atoms with Crippen LogP contribution in [0.25, 0.3) is 11.1 Å². The highest BCUT2D eigenvalue weighted by atomic mass is 32.2. The summed E-state index contributed by atoms with van der Waals surface area (Å²) >= 11 is 1.37. The van der Waals surface area contributed by atoms with Gasteiger partial charge in [-0.05, 0) is 34.6 Å².